The Labute approximate surface area is 238 Å². The van der Waals surface area contributed by atoms with E-state index in [1.54, 1.807) is 74.3 Å². The Hall–Kier alpha value is -2.87. The lowest BCUT2D eigenvalue weighted by Gasteiger charge is -2.20. The summed E-state index contributed by atoms with van der Waals surface area (Å²) in [6.07, 6.45) is 0.124. The molecule has 3 aromatic rings. The lowest BCUT2D eigenvalue weighted by molar-refractivity contribution is -0.142. The molecule has 0 fully saturated rings. The molecule has 0 spiro atoms. The summed E-state index contributed by atoms with van der Waals surface area (Å²) in [6, 6.07) is 15.5. The first-order chi connectivity index (χ1) is 18.0. The Bertz CT molecular complexity index is 1290. The van der Waals surface area contributed by atoms with Crippen LogP contribution in [0.25, 0.3) is 0 Å². The summed E-state index contributed by atoms with van der Waals surface area (Å²) in [5.41, 5.74) is 2.58. The molecule has 3 rings (SSSR count). The van der Waals surface area contributed by atoms with Crippen LogP contribution >= 0.6 is 35.0 Å². The molecular weight excluding hydrogens is 545 g/mol. The first-order valence-electron chi connectivity index (χ1n) is 12.0. The number of anilines is 1. The third kappa shape index (κ3) is 8.86. The first-order valence-corrected chi connectivity index (χ1v) is 13.8. The van der Waals surface area contributed by atoms with Crippen molar-refractivity contribution in [3.63, 3.8) is 0 Å². The lowest BCUT2D eigenvalue weighted by atomic mass is 10.1. The van der Waals surface area contributed by atoms with Gasteiger partial charge >= 0.3 is 5.97 Å². The molecule has 1 amide bonds. The highest BCUT2D eigenvalue weighted by Crippen LogP contribution is 2.38. The number of rotatable bonds is 10. The van der Waals surface area contributed by atoms with Gasteiger partial charge in [0, 0.05) is 37.4 Å². The molecule has 0 aliphatic carbocycles. The van der Waals surface area contributed by atoms with E-state index < -0.39 is 0 Å². The van der Waals surface area contributed by atoms with Crippen LogP contribution in [0.5, 0.6) is 17.2 Å². The van der Waals surface area contributed by atoms with Crippen LogP contribution in [0.3, 0.4) is 0 Å². The number of carbonyl (C=O) groups is 2. The maximum atomic E-state index is 12.9. The molecule has 0 aliphatic rings. The number of esters is 1. The third-order valence-electron chi connectivity index (χ3n) is 5.21. The van der Waals surface area contributed by atoms with Crippen molar-refractivity contribution in [3.8, 4) is 17.2 Å². The summed E-state index contributed by atoms with van der Waals surface area (Å²) in [5.74, 6) is 1.61. The largest absolute Gasteiger partial charge is 0.493 e. The molecule has 0 unspecified atom stereocenters. The smallest absolute Gasteiger partial charge is 0.310 e. The topological polar surface area (TPSA) is 73.9 Å². The van der Waals surface area contributed by atoms with E-state index >= 15 is 0 Å². The van der Waals surface area contributed by atoms with Crippen molar-refractivity contribution in [1.82, 2.24) is 0 Å². The molecule has 0 aliphatic heterocycles. The van der Waals surface area contributed by atoms with Crippen LogP contribution in [0.2, 0.25) is 10.0 Å². The average Bonchev–Trinajstić information content (AvgIpc) is 2.83. The van der Waals surface area contributed by atoms with E-state index in [2.05, 4.69) is 26.1 Å². The minimum atomic E-state index is -0.328. The summed E-state index contributed by atoms with van der Waals surface area (Å²) >= 11 is 13.9. The minimum Gasteiger partial charge on any atom is -0.493 e. The van der Waals surface area contributed by atoms with Gasteiger partial charge in [0.05, 0.1) is 20.1 Å². The van der Waals surface area contributed by atoms with Crippen LogP contribution in [0.1, 0.15) is 49.2 Å². The molecule has 0 saturated carbocycles. The van der Waals surface area contributed by atoms with Gasteiger partial charge in [0.25, 0.3) is 5.91 Å². The summed E-state index contributed by atoms with van der Waals surface area (Å²) in [4.78, 5) is 24.8. The third-order valence-corrected chi connectivity index (χ3v) is 6.96. The molecule has 0 saturated heterocycles. The van der Waals surface area contributed by atoms with Crippen LogP contribution in [-0.4, -0.2) is 30.3 Å². The first kappa shape index (κ1) is 29.7. The van der Waals surface area contributed by atoms with E-state index in [0.29, 0.717) is 50.9 Å². The number of benzene rings is 3. The molecule has 0 atom stereocenters. The molecule has 6 nitrogen and oxygen atoms in total. The van der Waals surface area contributed by atoms with E-state index in [4.69, 9.17) is 37.4 Å². The molecule has 0 radical (unpaired) electrons. The van der Waals surface area contributed by atoms with Crippen molar-refractivity contribution < 1.29 is 23.8 Å². The van der Waals surface area contributed by atoms with Crippen molar-refractivity contribution in [2.75, 3.05) is 19.0 Å². The van der Waals surface area contributed by atoms with Crippen LogP contribution in [0.15, 0.2) is 54.6 Å². The maximum absolute atomic E-state index is 12.9. The molecular formula is C29H31Cl2NO5S. The van der Waals surface area contributed by atoms with Gasteiger partial charge in [-0.25, -0.2) is 0 Å². The van der Waals surface area contributed by atoms with Crippen LogP contribution in [-0.2, 0) is 21.7 Å². The van der Waals surface area contributed by atoms with Gasteiger partial charge in [-0.2, -0.15) is 11.8 Å². The van der Waals surface area contributed by atoms with Crippen molar-refractivity contribution in [1.29, 1.82) is 0 Å². The molecule has 202 valence electrons. The number of thioether (sulfide) groups is 1. The number of hydrogen-bond donors (Lipinski definition) is 1. The fourth-order valence-corrected chi connectivity index (χ4v) is 4.80. The van der Waals surface area contributed by atoms with Crippen LogP contribution in [0.4, 0.5) is 5.69 Å². The second kappa shape index (κ2) is 13.3. The molecule has 3 aromatic carbocycles. The second-order valence-corrected chi connectivity index (χ2v) is 12.1. The zero-order valence-corrected chi connectivity index (χ0v) is 24.4. The van der Waals surface area contributed by atoms with Crippen molar-refractivity contribution in [2.45, 2.75) is 44.6 Å². The van der Waals surface area contributed by atoms with Gasteiger partial charge in [-0.05, 0) is 61.0 Å². The van der Waals surface area contributed by atoms with Gasteiger partial charge < -0.3 is 19.5 Å². The summed E-state index contributed by atoms with van der Waals surface area (Å²) in [6.45, 7) is 8.49. The summed E-state index contributed by atoms with van der Waals surface area (Å²) in [7, 11) is 1.56. The van der Waals surface area contributed by atoms with Gasteiger partial charge in [-0.15, -0.1) is 0 Å². The normalized spacial score (nSPS) is 11.1. The standard InChI is InChI=1S/C29H31Cl2NO5S/c1-6-36-27(33)12-18-7-9-25(35-5)26(11-18)37-24-10-8-23(15-20(24)17-38-29(2,3)4)32-28(34)19-13-21(30)16-22(31)14-19/h7-11,13-16H,6,12,17H2,1-5H3,(H,32,34). The van der Waals surface area contributed by atoms with Crippen molar-refractivity contribution in [3.05, 3.63) is 81.3 Å². The van der Waals surface area contributed by atoms with Crippen molar-refractivity contribution in [2.24, 2.45) is 0 Å². The summed E-state index contributed by atoms with van der Waals surface area (Å²) < 4.78 is 16.9. The van der Waals surface area contributed by atoms with Gasteiger partial charge in [0.2, 0.25) is 0 Å². The van der Waals surface area contributed by atoms with Gasteiger partial charge in [0.1, 0.15) is 5.75 Å². The van der Waals surface area contributed by atoms with Crippen LogP contribution < -0.4 is 14.8 Å². The quantitative estimate of drug-likeness (QED) is 0.246. The van der Waals surface area contributed by atoms with E-state index in [-0.39, 0.29) is 23.0 Å². The highest BCUT2D eigenvalue weighted by molar-refractivity contribution is 7.99. The van der Waals surface area contributed by atoms with E-state index in [1.807, 2.05) is 6.07 Å². The Balaban J connectivity index is 1.91. The van der Waals surface area contributed by atoms with E-state index in [1.165, 1.54) is 0 Å². The Kier molecular flexibility index (Phi) is 10.4. The maximum Gasteiger partial charge on any atom is 0.310 e. The number of methoxy groups -OCH3 is 1. The lowest BCUT2D eigenvalue weighted by Crippen LogP contribution is -2.12. The molecule has 1 N–H and O–H groups in total. The van der Waals surface area contributed by atoms with E-state index in [9.17, 15) is 9.59 Å². The predicted octanol–water partition coefficient (Wildman–Crippen LogP) is 8.18. The molecule has 0 aromatic heterocycles. The molecule has 0 bridgehead atoms. The monoisotopic (exact) mass is 575 g/mol. The Morgan fingerprint density at radius 1 is 0.921 bits per heavy atom. The molecule has 38 heavy (non-hydrogen) atoms. The van der Waals surface area contributed by atoms with Gasteiger partial charge in [-0.3, -0.25) is 9.59 Å². The molecule has 0 heterocycles. The Morgan fingerprint density at radius 3 is 2.24 bits per heavy atom. The SMILES string of the molecule is CCOC(=O)Cc1ccc(OC)c(Oc2ccc(NC(=O)c3cc(Cl)cc(Cl)c3)cc2CSC(C)(C)C)c1. The highest BCUT2D eigenvalue weighted by Gasteiger charge is 2.17. The number of carbonyl (C=O) groups excluding carboxylic acids is 2. The minimum absolute atomic E-state index is 0.00526. The fraction of sp³-hybridized carbons (Fsp3) is 0.310. The number of nitrogens with one attached hydrogen (secondary N) is 1. The van der Waals surface area contributed by atoms with Crippen molar-refractivity contribution >= 4 is 52.5 Å². The Morgan fingerprint density at radius 2 is 1.61 bits per heavy atom. The van der Waals surface area contributed by atoms with E-state index in [0.717, 1.165) is 11.1 Å². The second-order valence-electron chi connectivity index (χ2n) is 9.40. The zero-order valence-electron chi connectivity index (χ0n) is 22.0. The predicted molar refractivity (Wildman–Crippen MR) is 155 cm³/mol. The highest BCUT2D eigenvalue weighted by atomic mass is 35.5. The zero-order chi connectivity index (χ0) is 27.9. The number of ether oxygens (including phenoxy) is 3. The van der Waals surface area contributed by atoms with Gasteiger partial charge in [-0.1, -0.05) is 50.0 Å². The number of halogens is 2. The van der Waals surface area contributed by atoms with Gasteiger partial charge in [0.15, 0.2) is 11.5 Å². The molecule has 9 heteroatoms. The number of amides is 1. The van der Waals surface area contributed by atoms with Crippen LogP contribution in [0, 0.1) is 0 Å². The fourth-order valence-electron chi connectivity index (χ4n) is 3.46. The average molecular weight is 577 g/mol. The number of hydrogen-bond acceptors (Lipinski definition) is 6. The summed E-state index contributed by atoms with van der Waals surface area (Å²) in [5, 5.41) is 3.67.